The van der Waals surface area contributed by atoms with Crippen LogP contribution < -0.4 is 5.32 Å². The summed E-state index contributed by atoms with van der Waals surface area (Å²) in [6, 6.07) is 13.0. The van der Waals surface area contributed by atoms with Gasteiger partial charge in [-0.1, -0.05) is 45.0 Å². The highest BCUT2D eigenvalue weighted by molar-refractivity contribution is 7.89. The van der Waals surface area contributed by atoms with Crippen LogP contribution in [0.4, 0.5) is 5.69 Å². The first-order valence-corrected chi connectivity index (χ1v) is 12.4. The maximum absolute atomic E-state index is 13.4. The lowest BCUT2D eigenvalue weighted by atomic mass is 10.1. The molecule has 0 fully saturated rings. The van der Waals surface area contributed by atoms with Gasteiger partial charge in [-0.15, -0.1) is 0 Å². The van der Waals surface area contributed by atoms with Gasteiger partial charge in [0.1, 0.15) is 6.04 Å². The molecule has 2 aromatic carbocycles. The highest BCUT2D eigenvalue weighted by Crippen LogP contribution is 2.23. The van der Waals surface area contributed by atoms with Crippen molar-refractivity contribution in [3.8, 4) is 0 Å². The van der Waals surface area contributed by atoms with Crippen LogP contribution in [0, 0.1) is 6.92 Å². The summed E-state index contributed by atoms with van der Waals surface area (Å²) in [5.41, 5.74) is 1.47. The van der Waals surface area contributed by atoms with Crippen LogP contribution in [-0.4, -0.2) is 55.1 Å². The van der Waals surface area contributed by atoms with Gasteiger partial charge in [-0.3, -0.25) is 9.59 Å². The fourth-order valence-corrected chi connectivity index (χ4v) is 5.21. The fraction of sp³-hybridized carbons (Fsp3) is 0.417. The molecule has 0 aliphatic carbocycles. The molecule has 1 atom stereocenters. The fourth-order valence-electron chi connectivity index (χ4n) is 3.50. The molecular formula is C24H33N3O4S. The largest absolute Gasteiger partial charge is 0.327 e. The number of carbonyl (C=O) groups excluding carboxylic acids is 2. The second-order valence-corrected chi connectivity index (χ2v) is 9.51. The number of carbonyl (C=O) groups is 2. The molecule has 0 aromatic heterocycles. The molecular weight excluding hydrogens is 426 g/mol. The number of anilines is 1. The zero-order chi connectivity index (χ0) is 23.9. The van der Waals surface area contributed by atoms with E-state index >= 15 is 0 Å². The van der Waals surface area contributed by atoms with Crippen molar-refractivity contribution in [2.45, 2.75) is 52.0 Å². The number of nitrogens with one attached hydrogen (secondary N) is 1. The van der Waals surface area contributed by atoms with Gasteiger partial charge in [0.05, 0.1) is 4.90 Å². The Bertz CT molecular complexity index is 1030. The Morgan fingerprint density at radius 2 is 1.62 bits per heavy atom. The third-order valence-electron chi connectivity index (χ3n) is 5.37. The number of para-hydroxylation sites is 1. The molecule has 7 nitrogen and oxygen atoms in total. The molecule has 0 aliphatic rings. The van der Waals surface area contributed by atoms with Crippen LogP contribution in [0.3, 0.4) is 0 Å². The van der Waals surface area contributed by atoms with Crippen LogP contribution in [0.25, 0.3) is 0 Å². The molecule has 8 heteroatoms. The quantitative estimate of drug-likeness (QED) is 0.584. The van der Waals surface area contributed by atoms with Gasteiger partial charge in [0.15, 0.2) is 0 Å². The van der Waals surface area contributed by atoms with E-state index in [0.29, 0.717) is 37.3 Å². The van der Waals surface area contributed by atoms with Crippen LogP contribution >= 0.6 is 0 Å². The number of nitrogens with zero attached hydrogens (tertiary/aromatic N) is 2. The summed E-state index contributed by atoms with van der Waals surface area (Å²) in [4.78, 5) is 27.8. The summed E-state index contributed by atoms with van der Waals surface area (Å²) in [5, 5.41) is 2.83. The first kappa shape index (κ1) is 25.5. The van der Waals surface area contributed by atoms with Crippen LogP contribution in [0.15, 0.2) is 53.4 Å². The van der Waals surface area contributed by atoms with E-state index in [1.165, 1.54) is 15.3 Å². The van der Waals surface area contributed by atoms with E-state index in [4.69, 9.17) is 0 Å². The first-order valence-electron chi connectivity index (χ1n) is 10.9. The molecule has 174 valence electrons. The Morgan fingerprint density at radius 3 is 2.19 bits per heavy atom. The molecule has 1 unspecified atom stereocenters. The number of hydrogen-bond donors (Lipinski definition) is 1. The number of hydrogen-bond acceptors (Lipinski definition) is 4. The Hall–Kier alpha value is -2.71. The second-order valence-electron chi connectivity index (χ2n) is 7.60. The minimum Gasteiger partial charge on any atom is -0.327 e. The molecule has 2 amide bonds. The predicted molar refractivity (Wildman–Crippen MR) is 127 cm³/mol. The molecule has 0 bridgehead atoms. The molecule has 0 radical (unpaired) electrons. The Labute approximate surface area is 191 Å². The van der Waals surface area contributed by atoms with Crippen molar-refractivity contribution in [1.82, 2.24) is 9.21 Å². The Morgan fingerprint density at radius 1 is 1.00 bits per heavy atom. The molecule has 2 rings (SSSR count). The summed E-state index contributed by atoms with van der Waals surface area (Å²) >= 11 is 0. The lowest BCUT2D eigenvalue weighted by molar-refractivity contribution is -0.120. The summed E-state index contributed by atoms with van der Waals surface area (Å²) in [6.45, 7) is 9.92. The Balaban J connectivity index is 2.36. The molecule has 32 heavy (non-hydrogen) atoms. The minimum atomic E-state index is -3.72. The van der Waals surface area contributed by atoms with Gasteiger partial charge in [-0.2, -0.15) is 4.31 Å². The van der Waals surface area contributed by atoms with Crippen molar-refractivity contribution >= 4 is 27.5 Å². The van der Waals surface area contributed by atoms with Gasteiger partial charge in [0.2, 0.25) is 15.9 Å². The van der Waals surface area contributed by atoms with Crippen LogP contribution in [0.1, 0.15) is 50.0 Å². The monoisotopic (exact) mass is 459 g/mol. The average molecular weight is 460 g/mol. The van der Waals surface area contributed by atoms with E-state index in [0.717, 1.165) is 0 Å². The van der Waals surface area contributed by atoms with E-state index < -0.39 is 16.1 Å². The van der Waals surface area contributed by atoms with Gasteiger partial charge in [-0.25, -0.2) is 8.42 Å². The Kier molecular flexibility index (Phi) is 8.98. The molecule has 0 saturated carbocycles. The number of sulfonamides is 1. The lowest BCUT2D eigenvalue weighted by Gasteiger charge is -2.28. The smallest absolute Gasteiger partial charge is 0.254 e. The molecule has 2 aromatic rings. The predicted octanol–water partition coefficient (Wildman–Crippen LogP) is 3.90. The SMILES string of the molecule is CCCN(C(=O)c1ccc(C)c(S(=O)(=O)N(CC)CC)c1)C(C)C(=O)Nc1ccccc1. The number of amides is 2. The molecule has 0 aliphatic heterocycles. The first-order chi connectivity index (χ1) is 15.2. The van der Waals surface area contributed by atoms with E-state index in [2.05, 4.69) is 5.32 Å². The van der Waals surface area contributed by atoms with Crippen molar-refractivity contribution in [1.29, 1.82) is 0 Å². The maximum Gasteiger partial charge on any atom is 0.254 e. The lowest BCUT2D eigenvalue weighted by Crippen LogP contribution is -2.46. The standard InChI is InChI=1S/C24H33N3O4S/c1-6-16-27(19(5)23(28)25-21-12-10-9-11-13-21)24(29)20-15-14-18(4)22(17-20)32(30,31)26(7-2)8-3/h9-15,17,19H,6-8,16H2,1-5H3,(H,25,28). The van der Waals surface area contributed by atoms with E-state index in [1.807, 2.05) is 25.1 Å². The maximum atomic E-state index is 13.4. The van der Waals surface area contributed by atoms with Gasteiger partial charge in [-0.05, 0) is 50.1 Å². The van der Waals surface area contributed by atoms with Crippen LogP contribution in [0.2, 0.25) is 0 Å². The molecule has 0 heterocycles. The number of aryl methyl sites for hydroxylation is 1. The van der Waals surface area contributed by atoms with Crippen molar-refractivity contribution in [3.63, 3.8) is 0 Å². The van der Waals surface area contributed by atoms with Crippen molar-refractivity contribution in [2.75, 3.05) is 25.0 Å². The summed E-state index contributed by atoms with van der Waals surface area (Å²) in [6.07, 6.45) is 0.658. The molecule has 0 spiro atoms. The summed E-state index contributed by atoms with van der Waals surface area (Å²) in [7, 11) is -3.72. The average Bonchev–Trinajstić information content (AvgIpc) is 2.78. The third kappa shape index (κ3) is 5.75. The second kappa shape index (κ2) is 11.2. The molecule has 1 N–H and O–H groups in total. The minimum absolute atomic E-state index is 0.116. The van der Waals surface area contributed by atoms with Gasteiger partial charge < -0.3 is 10.2 Å². The van der Waals surface area contributed by atoms with E-state index in [1.54, 1.807) is 52.0 Å². The normalized spacial score (nSPS) is 12.4. The van der Waals surface area contributed by atoms with Crippen molar-refractivity contribution < 1.29 is 18.0 Å². The van der Waals surface area contributed by atoms with Gasteiger partial charge >= 0.3 is 0 Å². The highest BCUT2D eigenvalue weighted by Gasteiger charge is 2.29. The summed E-state index contributed by atoms with van der Waals surface area (Å²) in [5.74, 6) is -0.681. The highest BCUT2D eigenvalue weighted by atomic mass is 32.2. The molecule has 0 saturated heterocycles. The van der Waals surface area contributed by atoms with Crippen LogP contribution in [-0.2, 0) is 14.8 Å². The van der Waals surface area contributed by atoms with Gasteiger partial charge in [0.25, 0.3) is 5.91 Å². The summed E-state index contributed by atoms with van der Waals surface area (Å²) < 4.78 is 27.5. The van der Waals surface area contributed by atoms with Crippen molar-refractivity contribution in [2.24, 2.45) is 0 Å². The van der Waals surface area contributed by atoms with Crippen LogP contribution in [0.5, 0.6) is 0 Å². The van der Waals surface area contributed by atoms with E-state index in [-0.39, 0.29) is 22.3 Å². The van der Waals surface area contributed by atoms with E-state index in [9.17, 15) is 18.0 Å². The zero-order valence-corrected chi connectivity index (χ0v) is 20.3. The zero-order valence-electron chi connectivity index (χ0n) is 19.5. The van der Waals surface area contributed by atoms with Crippen molar-refractivity contribution in [3.05, 3.63) is 59.7 Å². The number of rotatable bonds is 10. The van der Waals surface area contributed by atoms with Gasteiger partial charge in [0, 0.05) is 30.9 Å². The number of benzene rings is 2. The third-order valence-corrected chi connectivity index (χ3v) is 7.56. The topological polar surface area (TPSA) is 86.8 Å².